The van der Waals surface area contributed by atoms with Gasteiger partial charge >= 0.3 is 0 Å². The normalized spacial score (nSPS) is 10.2. The molecule has 0 spiro atoms. The number of hydrogen-bond acceptors (Lipinski definition) is 3. The van der Waals surface area contributed by atoms with Crippen molar-refractivity contribution >= 4 is 28.9 Å². The summed E-state index contributed by atoms with van der Waals surface area (Å²) in [5.74, 6) is 0.480. The number of carbonyl (C=O) groups excluding carboxylic acids is 1. The Labute approximate surface area is 128 Å². The van der Waals surface area contributed by atoms with E-state index in [1.54, 1.807) is 18.2 Å². The molecular formula is C16H17ClN2O2. The van der Waals surface area contributed by atoms with Gasteiger partial charge in [-0.2, -0.15) is 0 Å². The highest BCUT2D eigenvalue weighted by molar-refractivity contribution is 6.33. The second-order valence-corrected chi connectivity index (χ2v) is 4.94. The van der Waals surface area contributed by atoms with Gasteiger partial charge in [0.2, 0.25) is 0 Å². The Morgan fingerprint density at radius 2 is 2.05 bits per heavy atom. The molecule has 0 aliphatic heterocycles. The first-order valence-corrected chi connectivity index (χ1v) is 7.03. The summed E-state index contributed by atoms with van der Waals surface area (Å²) < 4.78 is 5.55. The van der Waals surface area contributed by atoms with Crippen LogP contribution in [-0.4, -0.2) is 12.5 Å². The van der Waals surface area contributed by atoms with Crippen molar-refractivity contribution in [2.45, 2.75) is 13.3 Å². The predicted molar refractivity (Wildman–Crippen MR) is 85.8 cm³/mol. The maximum atomic E-state index is 11.9. The Morgan fingerprint density at radius 3 is 2.76 bits per heavy atom. The summed E-state index contributed by atoms with van der Waals surface area (Å²) >= 11 is 5.83. The Balaban J connectivity index is 1.94. The van der Waals surface area contributed by atoms with E-state index in [1.165, 1.54) is 0 Å². The summed E-state index contributed by atoms with van der Waals surface area (Å²) in [4.78, 5) is 11.9. The maximum Gasteiger partial charge on any atom is 0.262 e. The lowest BCUT2D eigenvalue weighted by molar-refractivity contribution is -0.118. The number of benzene rings is 2. The number of nitrogens with one attached hydrogen (secondary N) is 1. The van der Waals surface area contributed by atoms with Crippen molar-refractivity contribution in [2.75, 3.05) is 17.7 Å². The van der Waals surface area contributed by atoms with Crippen LogP contribution in [0.15, 0.2) is 42.5 Å². The highest BCUT2D eigenvalue weighted by atomic mass is 35.5. The lowest BCUT2D eigenvalue weighted by Crippen LogP contribution is -2.20. The number of aryl methyl sites for hydroxylation is 1. The number of rotatable bonds is 5. The number of ether oxygens (including phenoxy) is 1. The molecule has 0 aliphatic rings. The number of para-hydroxylation sites is 1. The van der Waals surface area contributed by atoms with Crippen LogP contribution < -0.4 is 15.8 Å². The quantitative estimate of drug-likeness (QED) is 0.831. The lowest BCUT2D eigenvalue weighted by Gasteiger charge is -2.11. The molecule has 0 aliphatic carbocycles. The van der Waals surface area contributed by atoms with Crippen molar-refractivity contribution in [2.24, 2.45) is 0 Å². The van der Waals surface area contributed by atoms with Gasteiger partial charge in [-0.05, 0) is 36.2 Å². The van der Waals surface area contributed by atoms with Crippen molar-refractivity contribution in [3.63, 3.8) is 0 Å². The van der Waals surface area contributed by atoms with Gasteiger partial charge in [0.15, 0.2) is 6.61 Å². The molecular weight excluding hydrogens is 288 g/mol. The van der Waals surface area contributed by atoms with Crippen molar-refractivity contribution < 1.29 is 9.53 Å². The molecule has 2 aromatic rings. The van der Waals surface area contributed by atoms with Crippen LogP contribution in [0.5, 0.6) is 5.75 Å². The third-order valence-corrected chi connectivity index (χ3v) is 3.34. The first kappa shape index (κ1) is 15.2. The second kappa shape index (κ2) is 6.99. The molecule has 0 saturated heterocycles. The molecule has 1 amide bonds. The first-order chi connectivity index (χ1) is 10.1. The predicted octanol–water partition coefficient (Wildman–Crippen LogP) is 3.50. The molecule has 0 saturated carbocycles. The molecule has 2 rings (SSSR count). The van der Waals surface area contributed by atoms with Gasteiger partial charge < -0.3 is 15.8 Å². The van der Waals surface area contributed by atoms with Crippen molar-refractivity contribution in [1.29, 1.82) is 0 Å². The van der Waals surface area contributed by atoms with E-state index in [2.05, 4.69) is 5.32 Å². The van der Waals surface area contributed by atoms with E-state index in [4.69, 9.17) is 22.1 Å². The smallest absolute Gasteiger partial charge is 0.262 e. The molecule has 0 unspecified atom stereocenters. The van der Waals surface area contributed by atoms with E-state index in [1.807, 2.05) is 31.2 Å². The molecule has 0 radical (unpaired) electrons. The SMILES string of the molecule is CCc1ccccc1OCC(=O)Nc1ccc(Cl)c(N)c1. The van der Waals surface area contributed by atoms with Gasteiger partial charge in [0, 0.05) is 5.69 Å². The molecule has 21 heavy (non-hydrogen) atoms. The van der Waals surface area contributed by atoms with Crippen molar-refractivity contribution in [3.8, 4) is 5.75 Å². The van der Waals surface area contributed by atoms with Crippen molar-refractivity contribution in [1.82, 2.24) is 0 Å². The third-order valence-electron chi connectivity index (χ3n) is 2.99. The molecule has 0 bridgehead atoms. The fraction of sp³-hybridized carbons (Fsp3) is 0.188. The van der Waals surface area contributed by atoms with Crippen LogP contribution in [-0.2, 0) is 11.2 Å². The molecule has 2 aromatic carbocycles. The lowest BCUT2D eigenvalue weighted by atomic mass is 10.1. The first-order valence-electron chi connectivity index (χ1n) is 6.65. The number of carbonyl (C=O) groups is 1. The molecule has 0 aromatic heterocycles. The van der Waals surface area contributed by atoms with E-state index >= 15 is 0 Å². The number of nitrogens with two attached hydrogens (primary N) is 1. The molecule has 0 heterocycles. The fourth-order valence-electron chi connectivity index (χ4n) is 1.90. The van der Waals surface area contributed by atoms with Crippen LogP contribution in [0.3, 0.4) is 0 Å². The van der Waals surface area contributed by atoms with Crippen molar-refractivity contribution in [3.05, 3.63) is 53.1 Å². The topological polar surface area (TPSA) is 64.3 Å². The number of halogens is 1. The summed E-state index contributed by atoms with van der Waals surface area (Å²) in [5.41, 5.74) is 7.77. The average molecular weight is 305 g/mol. The standard InChI is InChI=1S/C16H17ClN2O2/c1-2-11-5-3-4-6-15(11)21-10-16(20)19-12-7-8-13(17)14(18)9-12/h3-9H,2,10,18H2,1H3,(H,19,20). The minimum absolute atomic E-state index is 0.0560. The van der Waals surface area contributed by atoms with E-state index < -0.39 is 0 Å². The molecule has 5 heteroatoms. The summed E-state index contributed by atoms with van der Waals surface area (Å²) in [5, 5.41) is 3.17. The summed E-state index contributed by atoms with van der Waals surface area (Å²) in [6.07, 6.45) is 0.853. The Bertz CT molecular complexity index is 644. The molecule has 0 fully saturated rings. The van der Waals surface area contributed by atoms with Gasteiger partial charge in [-0.3, -0.25) is 4.79 Å². The number of amides is 1. The van der Waals surface area contributed by atoms with Crippen LogP contribution >= 0.6 is 11.6 Å². The molecule has 4 nitrogen and oxygen atoms in total. The monoisotopic (exact) mass is 304 g/mol. The summed E-state index contributed by atoms with van der Waals surface area (Å²) in [7, 11) is 0. The minimum Gasteiger partial charge on any atom is -0.483 e. The van der Waals surface area contributed by atoms with Crippen LogP contribution in [0.1, 0.15) is 12.5 Å². The van der Waals surface area contributed by atoms with Gasteiger partial charge in [0.1, 0.15) is 5.75 Å². The zero-order chi connectivity index (χ0) is 15.2. The van der Waals surface area contributed by atoms with Gasteiger partial charge in [0.05, 0.1) is 10.7 Å². The van der Waals surface area contributed by atoms with Gasteiger partial charge in [-0.1, -0.05) is 36.7 Å². The zero-order valence-electron chi connectivity index (χ0n) is 11.7. The molecule has 110 valence electrons. The summed E-state index contributed by atoms with van der Waals surface area (Å²) in [6.45, 7) is 1.98. The Morgan fingerprint density at radius 1 is 1.29 bits per heavy atom. The van der Waals surface area contributed by atoms with E-state index in [-0.39, 0.29) is 12.5 Å². The van der Waals surface area contributed by atoms with Crippen LogP contribution in [0.25, 0.3) is 0 Å². The van der Waals surface area contributed by atoms with E-state index in [9.17, 15) is 4.79 Å². The van der Waals surface area contributed by atoms with Crippen LogP contribution in [0.2, 0.25) is 5.02 Å². The maximum absolute atomic E-state index is 11.9. The molecule has 3 N–H and O–H groups in total. The second-order valence-electron chi connectivity index (χ2n) is 4.53. The van der Waals surface area contributed by atoms with Crippen LogP contribution in [0.4, 0.5) is 11.4 Å². The van der Waals surface area contributed by atoms with Gasteiger partial charge in [-0.25, -0.2) is 0 Å². The largest absolute Gasteiger partial charge is 0.483 e. The highest BCUT2D eigenvalue weighted by Gasteiger charge is 2.07. The third kappa shape index (κ3) is 4.13. The van der Waals surface area contributed by atoms with Gasteiger partial charge in [-0.15, -0.1) is 0 Å². The zero-order valence-corrected chi connectivity index (χ0v) is 12.5. The number of nitrogen functional groups attached to an aromatic ring is 1. The Kier molecular flexibility index (Phi) is 5.06. The van der Waals surface area contributed by atoms with Gasteiger partial charge in [0.25, 0.3) is 5.91 Å². The minimum atomic E-state index is -0.248. The van der Waals surface area contributed by atoms with Crippen LogP contribution in [0, 0.1) is 0 Å². The fourth-order valence-corrected chi connectivity index (χ4v) is 2.02. The number of anilines is 2. The van der Waals surface area contributed by atoms with E-state index in [0.29, 0.717) is 16.4 Å². The number of hydrogen-bond donors (Lipinski definition) is 2. The molecule has 0 atom stereocenters. The average Bonchev–Trinajstić information content (AvgIpc) is 2.49. The summed E-state index contributed by atoms with van der Waals surface area (Å²) in [6, 6.07) is 12.6. The highest BCUT2D eigenvalue weighted by Crippen LogP contribution is 2.22. The Hall–Kier alpha value is -2.20. The van der Waals surface area contributed by atoms with E-state index in [0.717, 1.165) is 17.7 Å².